The summed E-state index contributed by atoms with van der Waals surface area (Å²) >= 11 is 0. The Balaban J connectivity index is 1.41. The van der Waals surface area contributed by atoms with Crippen molar-refractivity contribution in [2.24, 2.45) is 5.92 Å². The van der Waals surface area contributed by atoms with Gasteiger partial charge in [-0.3, -0.25) is 0 Å². The fourth-order valence-electron chi connectivity index (χ4n) is 2.79. The Morgan fingerprint density at radius 2 is 2.08 bits per heavy atom. The van der Waals surface area contributed by atoms with Crippen LogP contribution in [0.15, 0.2) is 42.6 Å². The number of anilines is 1. The van der Waals surface area contributed by atoms with Crippen molar-refractivity contribution in [3.8, 4) is 5.75 Å². The van der Waals surface area contributed by atoms with Gasteiger partial charge in [-0.1, -0.05) is 24.3 Å². The molecule has 25 heavy (non-hydrogen) atoms. The molecule has 1 atom stereocenters. The van der Waals surface area contributed by atoms with E-state index < -0.39 is 0 Å². The average Bonchev–Trinajstić information content (AvgIpc) is 2.65. The number of benzene rings is 1. The molecule has 1 aromatic heterocycles. The van der Waals surface area contributed by atoms with Crippen molar-refractivity contribution in [1.29, 1.82) is 0 Å². The van der Waals surface area contributed by atoms with Crippen LogP contribution in [0.3, 0.4) is 0 Å². The first-order chi connectivity index (χ1) is 12.1. The minimum atomic E-state index is -0.171. The molecule has 0 radical (unpaired) electrons. The zero-order valence-corrected chi connectivity index (χ0v) is 14.7. The summed E-state index contributed by atoms with van der Waals surface area (Å²) in [6, 6.07) is 11.8. The van der Waals surface area contributed by atoms with Gasteiger partial charge < -0.3 is 20.3 Å². The van der Waals surface area contributed by atoms with E-state index >= 15 is 0 Å². The molecule has 0 spiro atoms. The normalized spacial score (nSPS) is 15.7. The number of urea groups is 1. The Labute approximate surface area is 148 Å². The lowest BCUT2D eigenvalue weighted by molar-refractivity contribution is 0.211. The lowest BCUT2D eigenvalue weighted by Gasteiger charge is -2.25. The maximum atomic E-state index is 12.0. The Bertz CT molecular complexity index is 716. The quantitative estimate of drug-likeness (QED) is 0.876. The number of ether oxygens (including phenoxy) is 1. The van der Waals surface area contributed by atoms with E-state index in [4.69, 9.17) is 4.74 Å². The molecule has 132 valence electrons. The monoisotopic (exact) mass is 340 g/mol. The molecule has 0 bridgehead atoms. The van der Waals surface area contributed by atoms with Crippen LogP contribution < -0.4 is 20.3 Å². The van der Waals surface area contributed by atoms with Crippen LogP contribution in [-0.4, -0.2) is 38.3 Å². The topological polar surface area (TPSA) is 66.5 Å². The predicted molar refractivity (Wildman–Crippen MR) is 97.9 cm³/mol. The van der Waals surface area contributed by atoms with E-state index in [1.165, 1.54) is 5.56 Å². The second kappa shape index (κ2) is 7.88. The van der Waals surface area contributed by atoms with Crippen molar-refractivity contribution >= 4 is 11.8 Å². The van der Waals surface area contributed by atoms with Crippen molar-refractivity contribution in [2.45, 2.75) is 13.0 Å². The maximum absolute atomic E-state index is 12.0. The van der Waals surface area contributed by atoms with Gasteiger partial charge in [0.05, 0.1) is 6.61 Å². The third-order valence-corrected chi connectivity index (χ3v) is 4.23. The molecule has 1 aromatic carbocycles. The highest BCUT2D eigenvalue weighted by Crippen LogP contribution is 2.26. The number of carbonyl (C=O) groups is 1. The summed E-state index contributed by atoms with van der Waals surface area (Å²) < 4.78 is 5.74. The van der Waals surface area contributed by atoms with Crippen LogP contribution in [0.2, 0.25) is 0 Å². The zero-order valence-electron chi connectivity index (χ0n) is 14.7. The molecule has 3 rings (SSSR count). The van der Waals surface area contributed by atoms with Crippen LogP contribution in [0, 0.1) is 5.92 Å². The lowest BCUT2D eigenvalue weighted by atomic mass is 9.97. The number of fused-ring (bicyclic) bond motifs is 1. The fraction of sp³-hybridized carbons (Fsp3) is 0.368. The van der Waals surface area contributed by atoms with Crippen molar-refractivity contribution in [1.82, 2.24) is 15.6 Å². The third kappa shape index (κ3) is 4.62. The molecule has 1 aliphatic heterocycles. The predicted octanol–water partition coefficient (Wildman–Crippen LogP) is 2.20. The number of pyridine rings is 1. The molecule has 1 unspecified atom stereocenters. The number of nitrogens with zero attached hydrogens (tertiary/aromatic N) is 2. The summed E-state index contributed by atoms with van der Waals surface area (Å²) in [4.78, 5) is 18.3. The minimum absolute atomic E-state index is 0.171. The fourth-order valence-corrected chi connectivity index (χ4v) is 2.79. The van der Waals surface area contributed by atoms with Crippen LogP contribution >= 0.6 is 0 Å². The Hall–Kier alpha value is -2.76. The van der Waals surface area contributed by atoms with E-state index in [-0.39, 0.29) is 6.03 Å². The first-order valence-electron chi connectivity index (χ1n) is 8.46. The SMILES string of the molecule is CN(C)c1ccc(CNC(=O)NCC2COc3ccccc3C2)cn1. The molecule has 1 aliphatic rings. The molecule has 2 amide bonds. The number of amides is 2. The van der Waals surface area contributed by atoms with Crippen molar-refractivity contribution in [2.75, 3.05) is 32.1 Å². The van der Waals surface area contributed by atoms with E-state index in [1.54, 1.807) is 6.20 Å². The Kier molecular flexibility index (Phi) is 5.38. The van der Waals surface area contributed by atoms with E-state index in [1.807, 2.05) is 49.3 Å². The molecule has 0 saturated heterocycles. The van der Waals surface area contributed by atoms with Crippen molar-refractivity contribution in [3.05, 3.63) is 53.7 Å². The number of nitrogens with one attached hydrogen (secondary N) is 2. The molecule has 6 heteroatoms. The molecule has 0 saturated carbocycles. The van der Waals surface area contributed by atoms with Crippen molar-refractivity contribution in [3.63, 3.8) is 0 Å². The molecule has 2 heterocycles. The molecule has 0 aliphatic carbocycles. The van der Waals surface area contributed by atoms with Crippen molar-refractivity contribution < 1.29 is 9.53 Å². The van der Waals surface area contributed by atoms with Crippen LogP contribution in [0.1, 0.15) is 11.1 Å². The number of rotatable bonds is 5. The molecule has 0 fully saturated rings. The molecular weight excluding hydrogens is 316 g/mol. The number of carbonyl (C=O) groups excluding carboxylic acids is 1. The first-order valence-corrected chi connectivity index (χ1v) is 8.46. The van der Waals surface area contributed by atoms with Gasteiger partial charge >= 0.3 is 6.03 Å². The Morgan fingerprint density at radius 1 is 1.24 bits per heavy atom. The summed E-state index contributed by atoms with van der Waals surface area (Å²) in [6.45, 7) is 1.68. The van der Waals surface area contributed by atoms with Gasteiger partial charge in [-0.2, -0.15) is 0 Å². The number of hydrogen-bond acceptors (Lipinski definition) is 4. The highest BCUT2D eigenvalue weighted by atomic mass is 16.5. The minimum Gasteiger partial charge on any atom is -0.493 e. The molecule has 6 nitrogen and oxygen atoms in total. The average molecular weight is 340 g/mol. The highest BCUT2D eigenvalue weighted by Gasteiger charge is 2.19. The van der Waals surface area contributed by atoms with Crippen LogP contribution in [0.25, 0.3) is 0 Å². The third-order valence-electron chi connectivity index (χ3n) is 4.23. The maximum Gasteiger partial charge on any atom is 0.315 e. The standard InChI is InChI=1S/C19H24N4O2/c1-23(2)18-8-7-14(10-20-18)11-21-19(24)22-12-15-9-16-5-3-4-6-17(16)25-13-15/h3-8,10,15H,9,11-13H2,1-2H3,(H2,21,22,24). The highest BCUT2D eigenvalue weighted by molar-refractivity contribution is 5.73. The van der Waals surface area contributed by atoms with Gasteiger partial charge in [0, 0.05) is 39.3 Å². The van der Waals surface area contributed by atoms with Gasteiger partial charge in [0.2, 0.25) is 0 Å². The summed E-state index contributed by atoms with van der Waals surface area (Å²) in [5.41, 5.74) is 2.17. The lowest BCUT2D eigenvalue weighted by Crippen LogP contribution is -2.40. The zero-order chi connectivity index (χ0) is 17.6. The molecular formula is C19H24N4O2. The van der Waals surface area contributed by atoms with Gasteiger partial charge in [0.1, 0.15) is 11.6 Å². The number of para-hydroxylation sites is 1. The van der Waals surface area contributed by atoms with Gasteiger partial charge in [-0.25, -0.2) is 9.78 Å². The van der Waals surface area contributed by atoms with E-state index in [0.717, 1.165) is 23.6 Å². The van der Waals surface area contributed by atoms with Gasteiger partial charge in [-0.15, -0.1) is 0 Å². The van der Waals surface area contributed by atoms with Gasteiger partial charge in [0.15, 0.2) is 0 Å². The summed E-state index contributed by atoms with van der Waals surface area (Å²) in [5.74, 6) is 2.14. The van der Waals surface area contributed by atoms with E-state index in [0.29, 0.717) is 25.6 Å². The van der Waals surface area contributed by atoms with Gasteiger partial charge in [-0.05, 0) is 29.7 Å². The number of aromatic nitrogens is 1. The largest absolute Gasteiger partial charge is 0.493 e. The van der Waals surface area contributed by atoms with Crippen LogP contribution in [-0.2, 0) is 13.0 Å². The van der Waals surface area contributed by atoms with Crippen LogP contribution in [0.5, 0.6) is 5.75 Å². The van der Waals surface area contributed by atoms with Crippen LogP contribution in [0.4, 0.5) is 10.6 Å². The summed E-state index contributed by atoms with van der Waals surface area (Å²) in [7, 11) is 3.89. The second-order valence-electron chi connectivity index (χ2n) is 6.47. The summed E-state index contributed by atoms with van der Waals surface area (Å²) in [6.07, 6.45) is 2.70. The first kappa shape index (κ1) is 17.1. The molecule has 2 N–H and O–H groups in total. The number of hydrogen-bond donors (Lipinski definition) is 2. The summed E-state index contributed by atoms with van der Waals surface area (Å²) in [5, 5.41) is 5.79. The van der Waals surface area contributed by atoms with Gasteiger partial charge in [0.25, 0.3) is 0 Å². The smallest absolute Gasteiger partial charge is 0.315 e. The van der Waals surface area contributed by atoms with E-state index in [9.17, 15) is 4.79 Å². The molecule has 2 aromatic rings. The Morgan fingerprint density at radius 3 is 2.84 bits per heavy atom. The van der Waals surface area contributed by atoms with E-state index in [2.05, 4.69) is 21.7 Å². The second-order valence-corrected chi connectivity index (χ2v) is 6.47.